The van der Waals surface area contributed by atoms with E-state index >= 15 is 0 Å². The fraction of sp³-hybridized carbons (Fsp3) is 0.364. The molecule has 74 valence electrons. The highest BCUT2D eigenvalue weighted by molar-refractivity contribution is 5.93. The van der Waals surface area contributed by atoms with Gasteiger partial charge in [0.2, 0.25) is 0 Å². The number of hydrogen-bond acceptors (Lipinski definition) is 2. The van der Waals surface area contributed by atoms with Gasteiger partial charge in [-0.2, -0.15) is 0 Å². The molecule has 2 atom stereocenters. The summed E-state index contributed by atoms with van der Waals surface area (Å²) in [5.41, 5.74) is 7.02. The number of nitrogens with two attached hydrogens (primary N) is 1. The van der Waals surface area contributed by atoms with Crippen LogP contribution in [0.3, 0.4) is 0 Å². The molecule has 0 aromatic heterocycles. The van der Waals surface area contributed by atoms with Gasteiger partial charge in [0.1, 0.15) is 5.84 Å². The van der Waals surface area contributed by atoms with Crippen LogP contribution in [0.25, 0.3) is 0 Å². The van der Waals surface area contributed by atoms with Gasteiger partial charge in [-0.05, 0) is 24.5 Å². The van der Waals surface area contributed by atoms with Crippen LogP contribution in [0.15, 0.2) is 24.3 Å². The van der Waals surface area contributed by atoms with Crippen molar-refractivity contribution in [3.05, 3.63) is 35.4 Å². The molecule has 2 unspecified atom stereocenters. The second-order valence-electron chi connectivity index (χ2n) is 3.92. The predicted molar refractivity (Wildman–Crippen MR) is 55.4 cm³/mol. The normalized spacial score (nSPS) is 30.0. The van der Waals surface area contributed by atoms with Gasteiger partial charge < -0.3 is 10.8 Å². The van der Waals surface area contributed by atoms with Crippen LogP contribution >= 0.6 is 0 Å². The van der Waals surface area contributed by atoms with E-state index in [-0.39, 0.29) is 5.84 Å². The Bertz CT molecular complexity index is 389. The van der Waals surface area contributed by atoms with Crippen molar-refractivity contribution in [1.29, 1.82) is 5.41 Å². The van der Waals surface area contributed by atoms with Crippen LogP contribution in [0.4, 0.5) is 0 Å². The highest BCUT2D eigenvalue weighted by Crippen LogP contribution is 2.49. The van der Waals surface area contributed by atoms with Crippen LogP contribution in [0.1, 0.15) is 17.5 Å². The number of hydrogen-bond donors (Lipinski definition) is 3. The molecule has 0 bridgehead atoms. The number of aliphatic hydroxyl groups excluding tert-OH is 1. The number of amidine groups is 1. The SMILES string of the molecule is Cc1ccccc1C1(C(=N)N)CC1O. The molecular formula is C11H14N2O. The van der Waals surface area contributed by atoms with E-state index < -0.39 is 11.5 Å². The Balaban J connectivity index is 2.49. The summed E-state index contributed by atoms with van der Waals surface area (Å²) in [6, 6.07) is 7.78. The molecule has 1 aliphatic carbocycles. The molecule has 0 radical (unpaired) electrons. The maximum Gasteiger partial charge on any atom is 0.104 e. The van der Waals surface area contributed by atoms with Crippen molar-refractivity contribution in [2.75, 3.05) is 0 Å². The van der Waals surface area contributed by atoms with Crippen LogP contribution in [0.2, 0.25) is 0 Å². The number of rotatable bonds is 2. The first-order chi connectivity index (χ1) is 6.59. The number of aryl methyl sites for hydroxylation is 1. The summed E-state index contributed by atoms with van der Waals surface area (Å²) < 4.78 is 0. The summed E-state index contributed by atoms with van der Waals surface area (Å²) in [7, 11) is 0. The third-order valence-electron chi connectivity index (χ3n) is 3.03. The molecule has 1 aromatic carbocycles. The topological polar surface area (TPSA) is 70.1 Å². The van der Waals surface area contributed by atoms with Gasteiger partial charge in [0.05, 0.1) is 11.5 Å². The first kappa shape index (κ1) is 9.21. The Hall–Kier alpha value is -1.35. The van der Waals surface area contributed by atoms with E-state index in [2.05, 4.69) is 0 Å². The molecule has 3 heteroatoms. The first-order valence-corrected chi connectivity index (χ1v) is 4.67. The van der Waals surface area contributed by atoms with Crippen molar-refractivity contribution in [3.8, 4) is 0 Å². The van der Waals surface area contributed by atoms with E-state index in [1.165, 1.54) is 0 Å². The largest absolute Gasteiger partial charge is 0.392 e. The quantitative estimate of drug-likeness (QED) is 0.479. The molecule has 2 rings (SSSR count). The van der Waals surface area contributed by atoms with Gasteiger partial charge >= 0.3 is 0 Å². The molecule has 1 saturated carbocycles. The minimum absolute atomic E-state index is 0.0688. The molecule has 1 aromatic rings. The maximum absolute atomic E-state index is 9.60. The molecule has 1 fully saturated rings. The van der Waals surface area contributed by atoms with E-state index in [4.69, 9.17) is 11.1 Å². The lowest BCUT2D eigenvalue weighted by Crippen LogP contribution is -2.31. The van der Waals surface area contributed by atoms with Crippen molar-refractivity contribution >= 4 is 5.84 Å². The lowest BCUT2D eigenvalue weighted by atomic mass is 9.90. The molecule has 0 aliphatic heterocycles. The van der Waals surface area contributed by atoms with Crippen molar-refractivity contribution in [2.45, 2.75) is 24.9 Å². The van der Waals surface area contributed by atoms with Gasteiger partial charge in [-0.3, -0.25) is 5.41 Å². The van der Waals surface area contributed by atoms with Gasteiger partial charge in [0.25, 0.3) is 0 Å². The summed E-state index contributed by atoms with van der Waals surface area (Å²) in [5, 5.41) is 17.1. The van der Waals surface area contributed by atoms with Crippen LogP contribution in [-0.4, -0.2) is 17.0 Å². The van der Waals surface area contributed by atoms with Crippen LogP contribution < -0.4 is 5.73 Å². The zero-order valence-corrected chi connectivity index (χ0v) is 8.12. The summed E-state index contributed by atoms with van der Waals surface area (Å²) >= 11 is 0. The van der Waals surface area contributed by atoms with Gasteiger partial charge in [0, 0.05) is 0 Å². The Morgan fingerprint density at radius 3 is 2.57 bits per heavy atom. The van der Waals surface area contributed by atoms with Crippen LogP contribution in [-0.2, 0) is 5.41 Å². The smallest absolute Gasteiger partial charge is 0.104 e. The molecule has 0 spiro atoms. The van der Waals surface area contributed by atoms with Crippen molar-refractivity contribution in [2.24, 2.45) is 5.73 Å². The fourth-order valence-electron chi connectivity index (χ4n) is 2.04. The minimum Gasteiger partial charge on any atom is -0.392 e. The molecule has 14 heavy (non-hydrogen) atoms. The van der Waals surface area contributed by atoms with Crippen molar-refractivity contribution in [1.82, 2.24) is 0 Å². The molecule has 1 aliphatic rings. The fourth-order valence-corrected chi connectivity index (χ4v) is 2.04. The van der Waals surface area contributed by atoms with Gasteiger partial charge in [-0.15, -0.1) is 0 Å². The van der Waals surface area contributed by atoms with E-state index in [0.717, 1.165) is 11.1 Å². The monoisotopic (exact) mass is 190 g/mol. The van der Waals surface area contributed by atoms with Gasteiger partial charge in [0.15, 0.2) is 0 Å². The average Bonchev–Trinajstić information content (AvgIpc) is 2.79. The Kier molecular flexibility index (Phi) is 1.86. The second-order valence-corrected chi connectivity index (χ2v) is 3.92. The van der Waals surface area contributed by atoms with E-state index in [9.17, 15) is 5.11 Å². The lowest BCUT2D eigenvalue weighted by Gasteiger charge is -2.16. The lowest BCUT2D eigenvalue weighted by molar-refractivity contribution is 0.262. The number of benzene rings is 1. The Morgan fingerprint density at radius 1 is 1.57 bits per heavy atom. The minimum atomic E-state index is -0.592. The highest BCUT2D eigenvalue weighted by Gasteiger charge is 2.58. The third kappa shape index (κ3) is 1.06. The molecule has 0 saturated heterocycles. The third-order valence-corrected chi connectivity index (χ3v) is 3.03. The Morgan fingerprint density at radius 2 is 2.14 bits per heavy atom. The number of nitrogens with one attached hydrogen (secondary N) is 1. The standard InChI is InChI=1S/C11H14N2O/c1-7-4-2-3-5-8(7)11(10(12)13)6-9(11)14/h2-5,9,14H,6H2,1H3,(H3,12,13). The molecular weight excluding hydrogens is 176 g/mol. The molecule has 3 nitrogen and oxygen atoms in total. The highest BCUT2D eigenvalue weighted by atomic mass is 16.3. The maximum atomic E-state index is 9.60. The molecule has 4 N–H and O–H groups in total. The van der Waals surface area contributed by atoms with Crippen LogP contribution in [0, 0.1) is 12.3 Å². The zero-order valence-electron chi connectivity index (χ0n) is 8.12. The van der Waals surface area contributed by atoms with Crippen LogP contribution in [0.5, 0.6) is 0 Å². The molecule has 0 amide bonds. The first-order valence-electron chi connectivity index (χ1n) is 4.67. The van der Waals surface area contributed by atoms with Crippen molar-refractivity contribution < 1.29 is 5.11 Å². The van der Waals surface area contributed by atoms with Gasteiger partial charge in [-0.25, -0.2) is 0 Å². The summed E-state index contributed by atoms with van der Waals surface area (Å²) in [5.74, 6) is 0.0688. The van der Waals surface area contributed by atoms with Gasteiger partial charge in [-0.1, -0.05) is 24.3 Å². The second kappa shape index (κ2) is 2.82. The summed E-state index contributed by atoms with van der Waals surface area (Å²) in [4.78, 5) is 0. The predicted octanol–water partition coefficient (Wildman–Crippen LogP) is 0.933. The molecule has 0 heterocycles. The Labute approximate surface area is 83.1 Å². The van der Waals surface area contributed by atoms with E-state index in [0.29, 0.717) is 6.42 Å². The number of aliphatic hydroxyl groups is 1. The van der Waals surface area contributed by atoms with E-state index in [1.54, 1.807) is 0 Å². The summed E-state index contributed by atoms with van der Waals surface area (Å²) in [6.45, 7) is 1.98. The van der Waals surface area contributed by atoms with E-state index in [1.807, 2.05) is 31.2 Å². The summed E-state index contributed by atoms with van der Waals surface area (Å²) in [6.07, 6.45) is 0.0915. The average molecular weight is 190 g/mol. The zero-order chi connectivity index (χ0) is 10.3. The van der Waals surface area contributed by atoms with Crippen molar-refractivity contribution in [3.63, 3.8) is 0 Å².